The lowest BCUT2D eigenvalue weighted by molar-refractivity contribution is -0.120. The largest absolute Gasteiger partial charge is 0.439 e. The SMILES string of the molecule is CO[C@H]1/C=C\C=C(/C)C(=O)NC2=CC(=O)C([15NH2])=C(C[C@@H](C)C[C@H](OC)[C@H](O)[C@@H](C)/C=C(\C)[C@@H]1O[13C]([15NH2])=O)C2=O. The quantitative estimate of drug-likeness (QED) is 0.177. The molecule has 2 bridgehead atoms. The van der Waals surface area contributed by atoms with Gasteiger partial charge in [-0.2, -0.15) is 0 Å². The Balaban J connectivity index is 2.58. The predicted octanol–water partition coefficient (Wildman–Crippen LogP) is 1.72. The molecule has 0 aromatic heterocycles. The Morgan fingerprint density at radius 3 is 2.38 bits per heavy atom. The summed E-state index contributed by atoms with van der Waals surface area (Å²) in [6.07, 6.45) is 3.55. The molecule has 0 aromatic carbocycles. The normalized spacial score (nSPS) is 33.3. The Morgan fingerprint density at radius 1 is 1.13 bits per heavy atom. The number of nitrogens with two attached hydrogens (primary N) is 2. The number of ketones is 2. The maximum atomic E-state index is 13.2. The van der Waals surface area contributed by atoms with Crippen LogP contribution in [-0.4, -0.2) is 67.3 Å². The van der Waals surface area contributed by atoms with Crippen molar-refractivity contribution in [1.29, 1.82) is 0 Å². The molecular formula is C28H39N3O8. The summed E-state index contributed by atoms with van der Waals surface area (Å²) in [6.45, 7) is 6.89. The van der Waals surface area contributed by atoms with Gasteiger partial charge in [-0.15, -0.1) is 0 Å². The second-order valence-corrected chi connectivity index (χ2v) is 9.97. The van der Waals surface area contributed by atoms with Crippen molar-refractivity contribution in [3.05, 3.63) is 58.5 Å². The molecule has 6 atom stereocenters. The molecule has 2 amide bonds. The first-order valence-corrected chi connectivity index (χ1v) is 12.6. The fraction of sp³-hybridized carbons (Fsp3) is 0.500. The summed E-state index contributed by atoms with van der Waals surface area (Å²) >= 11 is 0. The summed E-state index contributed by atoms with van der Waals surface area (Å²) in [7, 11) is 2.90. The van der Waals surface area contributed by atoms with Crippen LogP contribution in [-0.2, 0) is 28.6 Å². The first kappa shape index (κ1) is 31.7. The van der Waals surface area contributed by atoms with Gasteiger partial charge in [0.1, 0.15) is 6.10 Å². The van der Waals surface area contributed by atoms with Crippen molar-refractivity contribution in [2.45, 2.75) is 65.0 Å². The molecule has 2 rings (SSSR count). The molecule has 1 aliphatic carbocycles. The van der Waals surface area contributed by atoms with E-state index in [1.54, 1.807) is 26.0 Å². The molecule has 11 heteroatoms. The van der Waals surface area contributed by atoms with E-state index in [9.17, 15) is 24.3 Å². The van der Waals surface area contributed by atoms with E-state index in [1.165, 1.54) is 33.3 Å². The minimum atomic E-state index is -1.00. The summed E-state index contributed by atoms with van der Waals surface area (Å²) in [4.78, 5) is 50.1. The summed E-state index contributed by atoms with van der Waals surface area (Å²) in [5.41, 5.74) is 11.9. The van der Waals surface area contributed by atoms with Gasteiger partial charge in [-0.25, -0.2) is 4.79 Å². The van der Waals surface area contributed by atoms with Gasteiger partial charge < -0.3 is 36.1 Å². The monoisotopic (exact) mass is 548 g/mol. The highest BCUT2D eigenvalue weighted by Crippen LogP contribution is 2.28. The number of aliphatic hydroxyl groups is 1. The fourth-order valence-corrected chi connectivity index (χ4v) is 4.61. The fourth-order valence-electron chi connectivity index (χ4n) is 4.61. The zero-order chi connectivity index (χ0) is 29.4. The van der Waals surface area contributed by atoms with Crippen LogP contribution in [0.4, 0.5) is 4.79 Å². The van der Waals surface area contributed by atoms with Gasteiger partial charge in [0.05, 0.1) is 23.6 Å². The van der Waals surface area contributed by atoms with Crippen molar-refractivity contribution < 1.29 is 38.5 Å². The summed E-state index contributed by atoms with van der Waals surface area (Å²) in [5, 5.41) is 13.6. The highest BCUT2D eigenvalue weighted by molar-refractivity contribution is 6.23. The van der Waals surface area contributed by atoms with Crippen molar-refractivity contribution in [2.75, 3.05) is 14.2 Å². The molecule has 6 N–H and O–H groups in total. The van der Waals surface area contributed by atoms with Crippen LogP contribution in [0.25, 0.3) is 0 Å². The number of aliphatic hydroxyl groups excluding tert-OH is 1. The van der Waals surface area contributed by atoms with Gasteiger partial charge in [-0.1, -0.05) is 38.2 Å². The van der Waals surface area contributed by atoms with Crippen LogP contribution >= 0.6 is 0 Å². The van der Waals surface area contributed by atoms with Crippen molar-refractivity contribution in [3.8, 4) is 0 Å². The van der Waals surface area contributed by atoms with Crippen LogP contribution < -0.4 is 16.8 Å². The van der Waals surface area contributed by atoms with Crippen LogP contribution in [0.1, 0.15) is 40.5 Å². The first-order valence-electron chi connectivity index (χ1n) is 12.6. The number of carbonyl (C=O) groups is 4. The average molecular weight is 549 g/mol. The Morgan fingerprint density at radius 2 is 1.79 bits per heavy atom. The Hall–Kier alpha value is -3.54. The number of nitrogens with one attached hydrogen (secondary N) is 1. The Labute approximate surface area is 228 Å². The number of amides is 2. The molecule has 0 spiro atoms. The van der Waals surface area contributed by atoms with Gasteiger partial charge >= 0.3 is 6.09 Å². The highest BCUT2D eigenvalue weighted by atomic mass is 16.7. The number of hydrogen-bond acceptors (Lipinski definition) is 9. The van der Waals surface area contributed by atoms with Gasteiger partial charge in [-0.05, 0) is 38.2 Å². The van der Waals surface area contributed by atoms with Crippen LogP contribution in [0.15, 0.2) is 58.5 Å². The number of primary amides is 1. The molecule has 1 aliphatic heterocycles. The number of carbonyl (C=O) groups excluding carboxylic acids is 4. The summed E-state index contributed by atoms with van der Waals surface area (Å²) < 4.78 is 16.4. The lowest BCUT2D eigenvalue weighted by Crippen LogP contribution is -2.37. The molecule has 214 valence electrons. The molecule has 1 heterocycles. The minimum absolute atomic E-state index is 0.104. The smallest absolute Gasteiger partial charge is 0.405 e. The summed E-state index contributed by atoms with van der Waals surface area (Å²) in [5.74, 6) is -2.37. The van der Waals surface area contributed by atoms with E-state index in [-0.39, 0.29) is 34.9 Å². The van der Waals surface area contributed by atoms with Gasteiger partial charge in [0.25, 0.3) is 5.91 Å². The molecule has 0 unspecified atom stereocenters. The average Bonchev–Trinajstić information content (AvgIpc) is 2.88. The minimum Gasteiger partial charge on any atom is -0.439 e. The van der Waals surface area contributed by atoms with Crippen molar-refractivity contribution >= 4 is 23.6 Å². The number of rotatable bonds is 3. The van der Waals surface area contributed by atoms with Crippen LogP contribution in [0.2, 0.25) is 0 Å². The van der Waals surface area contributed by atoms with E-state index in [1.807, 2.05) is 6.92 Å². The van der Waals surface area contributed by atoms with Crippen molar-refractivity contribution in [2.24, 2.45) is 23.3 Å². The van der Waals surface area contributed by atoms with Crippen LogP contribution in [0.3, 0.4) is 0 Å². The van der Waals surface area contributed by atoms with Gasteiger partial charge in [0.2, 0.25) is 11.6 Å². The van der Waals surface area contributed by atoms with Crippen molar-refractivity contribution in [1.82, 2.24) is 5.32 Å². The van der Waals surface area contributed by atoms with Crippen LogP contribution in [0, 0.1) is 11.8 Å². The molecule has 0 saturated heterocycles. The number of allylic oxidation sites excluding steroid dienone is 4. The van der Waals surface area contributed by atoms with E-state index >= 15 is 0 Å². The third-order valence-corrected chi connectivity index (χ3v) is 6.84. The lowest BCUT2D eigenvalue weighted by atomic mass is 9.85. The first-order chi connectivity index (χ1) is 18.3. The van der Waals surface area contributed by atoms with Crippen LogP contribution in [0.5, 0.6) is 0 Å². The molecular weight excluding hydrogens is 509 g/mol. The molecule has 0 radical (unpaired) electrons. The molecule has 2 aliphatic rings. The third kappa shape index (κ3) is 8.22. The summed E-state index contributed by atoms with van der Waals surface area (Å²) in [6, 6.07) is 0. The van der Waals surface area contributed by atoms with Gasteiger partial charge in [0, 0.05) is 37.4 Å². The maximum Gasteiger partial charge on any atom is 0.405 e. The third-order valence-electron chi connectivity index (χ3n) is 6.84. The maximum absolute atomic E-state index is 13.2. The van der Waals surface area contributed by atoms with E-state index in [0.717, 1.165) is 6.08 Å². The van der Waals surface area contributed by atoms with Gasteiger partial charge in [-0.3, -0.25) is 14.4 Å². The Bertz CT molecular complexity index is 1130. The van der Waals surface area contributed by atoms with E-state index in [0.29, 0.717) is 12.0 Å². The molecule has 0 saturated carbocycles. The van der Waals surface area contributed by atoms with Gasteiger partial charge in [0.15, 0.2) is 6.10 Å². The standard InChI is InChI=1S/C28H39N3O8/c1-14-10-18-23(29)20(32)13-19(25(18)34)31-27(35)15(2)8-7-9-21(37-5)26(39-28(30)36)17(4)12-16(3)24(33)22(11-14)38-6/h7-9,12-14,16,21-22,24,26,33H,10-11,29H2,1-6H3,(H2,30,36)(H,31,35)/b9-7-,15-8+,17-12+/t14-,16+,21+,22+,24-,26+/m1/s1/i28+1,29+1,30+1. The van der Waals surface area contributed by atoms with E-state index in [4.69, 9.17) is 25.7 Å². The molecule has 11 nitrogen and oxygen atoms in total. The predicted molar refractivity (Wildman–Crippen MR) is 144 cm³/mol. The zero-order valence-corrected chi connectivity index (χ0v) is 23.2. The number of ether oxygens (including phenoxy) is 3. The second kappa shape index (κ2) is 14.0. The number of Topliss-reactive ketones (excluding diaryl/α,β-unsaturated/α-hetero) is 1. The molecule has 0 fully saturated rings. The number of methoxy groups -OCH3 is 2. The highest BCUT2D eigenvalue weighted by Gasteiger charge is 2.32. The molecule has 39 heavy (non-hydrogen) atoms. The lowest BCUT2D eigenvalue weighted by Gasteiger charge is -2.29. The van der Waals surface area contributed by atoms with E-state index < -0.39 is 53.9 Å². The van der Waals surface area contributed by atoms with Crippen molar-refractivity contribution in [3.63, 3.8) is 0 Å². The number of hydrogen-bond donors (Lipinski definition) is 4. The van der Waals surface area contributed by atoms with E-state index in [2.05, 4.69) is 5.32 Å². The second-order valence-electron chi connectivity index (χ2n) is 9.97. The molecule has 0 aromatic rings. The topological polar surface area (TPSA) is 180 Å². The Kier molecular flexibility index (Phi) is 11.4. The number of fused-ring (bicyclic) bond motifs is 2. The zero-order valence-electron chi connectivity index (χ0n) is 23.2.